The average Bonchev–Trinajstić information content (AvgIpc) is 2.77. The molecule has 0 atom stereocenters. The first-order chi connectivity index (χ1) is 18.3. The van der Waals surface area contributed by atoms with E-state index >= 15 is 4.39 Å². The van der Waals surface area contributed by atoms with Crippen molar-refractivity contribution in [2.75, 3.05) is 21.7 Å². The first kappa shape index (κ1) is 30.7. The first-order valence-corrected chi connectivity index (χ1v) is 12.6. The van der Waals surface area contributed by atoms with Crippen LogP contribution in [0.15, 0.2) is 30.3 Å². The van der Waals surface area contributed by atoms with Gasteiger partial charge in [-0.3, -0.25) is 4.79 Å². The van der Waals surface area contributed by atoms with Crippen LogP contribution in [-0.4, -0.2) is 35.3 Å². The number of nitrogens with zero attached hydrogens (tertiary/aromatic N) is 2. The van der Waals surface area contributed by atoms with Crippen molar-refractivity contribution in [3.8, 4) is 0 Å². The van der Waals surface area contributed by atoms with Gasteiger partial charge in [-0.05, 0) is 68.0 Å². The fourth-order valence-electron chi connectivity index (χ4n) is 4.30. The molecular formula is C28H33F4N3O5. The Bertz CT molecular complexity index is 1310. The van der Waals surface area contributed by atoms with E-state index in [4.69, 9.17) is 4.74 Å². The number of nitrogens with one attached hydrogen (secondary N) is 1. The number of hydrogen-bond acceptors (Lipinski definition) is 5. The molecule has 0 saturated carbocycles. The van der Waals surface area contributed by atoms with Gasteiger partial charge in [0.15, 0.2) is 5.82 Å². The molecule has 0 saturated heterocycles. The summed E-state index contributed by atoms with van der Waals surface area (Å²) in [6.45, 7) is 10.1. The number of hydrogen-bond donors (Lipinski definition) is 2. The van der Waals surface area contributed by atoms with Gasteiger partial charge >= 0.3 is 18.4 Å². The van der Waals surface area contributed by atoms with Crippen LogP contribution in [-0.2, 0) is 28.7 Å². The van der Waals surface area contributed by atoms with Crippen LogP contribution in [0.4, 0.5) is 44.2 Å². The summed E-state index contributed by atoms with van der Waals surface area (Å²) in [5.74, 6) is -1.64. The standard InChI is InChI=1S/C28H33F4N3O5/c1-26(2,3)14-21(36)33-19-9-10-20(22(29)23(19)35(24(37)38)25(39)40-27(4,5)6)34-12-11-16-13-18(28(30,31)32)8-7-17(16)15-34/h7-10,13H,11-12,14-15H2,1-6H3,(H,33,36)(H,37,38). The third kappa shape index (κ3) is 7.42. The van der Waals surface area contributed by atoms with Crippen molar-refractivity contribution in [2.45, 2.75) is 72.7 Å². The molecule has 0 bridgehead atoms. The molecule has 0 aromatic heterocycles. The van der Waals surface area contributed by atoms with E-state index in [2.05, 4.69) is 5.32 Å². The van der Waals surface area contributed by atoms with Gasteiger partial charge < -0.3 is 20.1 Å². The zero-order valence-corrected chi connectivity index (χ0v) is 23.2. The lowest BCUT2D eigenvalue weighted by Gasteiger charge is -2.33. The Balaban J connectivity index is 2.08. The third-order valence-electron chi connectivity index (χ3n) is 5.94. The van der Waals surface area contributed by atoms with Gasteiger partial charge in [-0.2, -0.15) is 18.1 Å². The van der Waals surface area contributed by atoms with Crippen LogP contribution >= 0.6 is 0 Å². The maximum Gasteiger partial charge on any atom is 0.424 e. The van der Waals surface area contributed by atoms with Crippen molar-refractivity contribution in [2.24, 2.45) is 5.41 Å². The number of carbonyl (C=O) groups excluding carboxylic acids is 2. The molecule has 2 N–H and O–H groups in total. The van der Waals surface area contributed by atoms with E-state index in [1.165, 1.54) is 43.9 Å². The van der Waals surface area contributed by atoms with Gasteiger partial charge in [0.05, 0.1) is 16.9 Å². The predicted octanol–water partition coefficient (Wildman–Crippen LogP) is 7.20. The topological polar surface area (TPSA) is 99.2 Å². The second-order valence-electron chi connectivity index (χ2n) is 11.8. The fraction of sp³-hybridized carbons (Fsp3) is 0.464. The summed E-state index contributed by atoms with van der Waals surface area (Å²) < 4.78 is 60.9. The van der Waals surface area contributed by atoms with Gasteiger partial charge in [0.1, 0.15) is 11.3 Å². The number of ether oxygens (including phenoxy) is 1. The van der Waals surface area contributed by atoms with Crippen molar-refractivity contribution in [1.82, 2.24) is 0 Å². The second-order valence-corrected chi connectivity index (χ2v) is 11.8. The van der Waals surface area contributed by atoms with Crippen molar-refractivity contribution in [3.63, 3.8) is 0 Å². The largest absolute Gasteiger partial charge is 0.464 e. The number of carbonyl (C=O) groups is 3. The number of halogens is 4. The molecule has 0 spiro atoms. The van der Waals surface area contributed by atoms with Crippen molar-refractivity contribution >= 4 is 35.2 Å². The minimum absolute atomic E-state index is 0.0259. The molecule has 12 heteroatoms. The minimum Gasteiger partial charge on any atom is -0.464 e. The number of alkyl halides is 3. The van der Waals surface area contributed by atoms with Crippen molar-refractivity contribution < 1.29 is 41.8 Å². The Morgan fingerprint density at radius 2 is 1.68 bits per heavy atom. The van der Waals surface area contributed by atoms with Crippen LogP contribution in [0.2, 0.25) is 0 Å². The number of benzene rings is 2. The van der Waals surface area contributed by atoms with Gasteiger partial charge in [-0.1, -0.05) is 26.8 Å². The van der Waals surface area contributed by atoms with Gasteiger partial charge in [0.25, 0.3) is 0 Å². The molecule has 1 heterocycles. The summed E-state index contributed by atoms with van der Waals surface area (Å²) in [7, 11) is 0. The maximum atomic E-state index is 16.3. The van der Waals surface area contributed by atoms with Crippen molar-refractivity contribution in [1.29, 1.82) is 0 Å². The van der Waals surface area contributed by atoms with E-state index in [1.807, 2.05) is 20.8 Å². The highest BCUT2D eigenvalue weighted by Crippen LogP contribution is 2.39. The normalized spacial score (nSPS) is 13.9. The van der Waals surface area contributed by atoms with Gasteiger partial charge in [-0.15, -0.1) is 0 Å². The molecule has 8 nitrogen and oxygen atoms in total. The number of amides is 3. The van der Waals surface area contributed by atoms with E-state index in [9.17, 15) is 32.7 Å². The van der Waals surface area contributed by atoms with Gasteiger partial charge in [0.2, 0.25) is 5.91 Å². The Kier molecular flexibility index (Phi) is 8.43. The second kappa shape index (κ2) is 11.0. The van der Waals surface area contributed by atoms with Crippen LogP contribution in [0.5, 0.6) is 0 Å². The number of rotatable bonds is 4. The van der Waals surface area contributed by atoms with Crippen LogP contribution < -0.4 is 15.1 Å². The maximum absolute atomic E-state index is 16.3. The number of anilines is 3. The molecule has 2 aromatic rings. The lowest BCUT2D eigenvalue weighted by molar-refractivity contribution is -0.137. The molecular weight excluding hydrogens is 534 g/mol. The first-order valence-electron chi connectivity index (χ1n) is 12.6. The van der Waals surface area contributed by atoms with Crippen LogP contribution in [0.3, 0.4) is 0 Å². The molecule has 0 fully saturated rings. The Morgan fingerprint density at radius 1 is 1.02 bits per heavy atom. The lowest BCUT2D eigenvalue weighted by Crippen LogP contribution is -2.41. The summed E-state index contributed by atoms with van der Waals surface area (Å²) in [5, 5.41) is 12.4. The molecule has 3 amide bonds. The summed E-state index contributed by atoms with van der Waals surface area (Å²) in [4.78, 5) is 39.5. The quantitative estimate of drug-likeness (QED) is 0.379. The monoisotopic (exact) mass is 567 g/mol. The molecule has 0 aliphatic carbocycles. The fourth-order valence-corrected chi connectivity index (χ4v) is 4.30. The molecule has 40 heavy (non-hydrogen) atoms. The SMILES string of the molecule is CC(C)(C)CC(=O)Nc1ccc(N2CCc3cc(C(F)(F)F)ccc3C2)c(F)c1N(C(=O)O)C(=O)OC(C)(C)C. The highest BCUT2D eigenvalue weighted by molar-refractivity contribution is 6.13. The molecule has 3 rings (SSSR count). The lowest BCUT2D eigenvalue weighted by atomic mass is 9.92. The molecule has 1 aliphatic heterocycles. The smallest absolute Gasteiger partial charge is 0.424 e. The van der Waals surface area contributed by atoms with Crippen LogP contribution in [0, 0.1) is 11.2 Å². The summed E-state index contributed by atoms with van der Waals surface area (Å²) >= 11 is 0. The Hall–Kier alpha value is -3.83. The van der Waals surface area contributed by atoms with Gasteiger partial charge in [-0.25, -0.2) is 14.0 Å². The van der Waals surface area contributed by atoms with E-state index in [1.54, 1.807) is 0 Å². The van der Waals surface area contributed by atoms with Crippen molar-refractivity contribution in [3.05, 3.63) is 52.8 Å². The Labute approximate surface area is 229 Å². The van der Waals surface area contributed by atoms with E-state index < -0.39 is 52.4 Å². The highest BCUT2D eigenvalue weighted by atomic mass is 19.4. The average molecular weight is 568 g/mol. The minimum atomic E-state index is -4.50. The van der Waals surface area contributed by atoms with E-state index in [0.29, 0.717) is 11.1 Å². The van der Waals surface area contributed by atoms with Crippen LogP contribution in [0.25, 0.3) is 0 Å². The number of fused-ring (bicyclic) bond motifs is 1. The number of imide groups is 1. The zero-order chi connectivity index (χ0) is 30.2. The zero-order valence-electron chi connectivity index (χ0n) is 23.2. The summed E-state index contributed by atoms with van der Waals surface area (Å²) in [6, 6.07) is 5.96. The molecule has 218 valence electrons. The highest BCUT2D eigenvalue weighted by Gasteiger charge is 2.36. The molecule has 2 aromatic carbocycles. The third-order valence-corrected chi connectivity index (χ3v) is 5.94. The van der Waals surface area contributed by atoms with E-state index in [-0.39, 0.29) is 42.2 Å². The molecule has 0 unspecified atom stereocenters. The summed E-state index contributed by atoms with van der Waals surface area (Å²) in [5.41, 5.74) is -2.38. The van der Waals surface area contributed by atoms with E-state index in [0.717, 1.165) is 12.1 Å². The molecule has 0 radical (unpaired) electrons. The number of carboxylic acid groups (broad SMARTS) is 1. The summed E-state index contributed by atoms with van der Waals surface area (Å²) in [6.07, 6.45) is -7.50. The van der Waals surface area contributed by atoms with Crippen LogP contribution in [0.1, 0.15) is 64.7 Å². The Morgan fingerprint density at radius 3 is 2.23 bits per heavy atom. The molecule has 1 aliphatic rings. The van der Waals surface area contributed by atoms with Gasteiger partial charge in [0, 0.05) is 19.5 Å². The predicted molar refractivity (Wildman–Crippen MR) is 142 cm³/mol.